The second-order valence-corrected chi connectivity index (χ2v) is 8.20. The van der Waals surface area contributed by atoms with Crippen LogP contribution in [0.15, 0.2) is 103 Å². The van der Waals surface area contributed by atoms with Gasteiger partial charge in [0, 0.05) is 12.0 Å². The molecule has 3 nitrogen and oxygen atoms in total. The van der Waals surface area contributed by atoms with Crippen LogP contribution in [-0.2, 0) is 30.5 Å². The molecule has 0 unspecified atom stereocenters. The van der Waals surface area contributed by atoms with E-state index in [0.717, 1.165) is 35.1 Å². The lowest BCUT2D eigenvalue weighted by Crippen LogP contribution is -2.03. The van der Waals surface area contributed by atoms with Crippen LogP contribution in [0, 0.1) is 0 Å². The Balaban J connectivity index is 0.000000157. The van der Waals surface area contributed by atoms with Gasteiger partial charge in [-0.15, -0.1) is 0 Å². The maximum Gasteiger partial charge on any atom is 0.307 e. The van der Waals surface area contributed by atoms with Gasteiger partial charge in [0.05, 0.1) is 6.42 Å². The van der Waals surface area contributed by atoms with Crippen molar-refractivity contribution in [1.82, 2.24) is 0 Å². The molecular weight excluding hydrogens is 408 g/mol. The van der Waals surface area contributed by atoms with Crippen molar-refractivity contribution >= 4 is 11.8 Å². The van der Waals surface area contributed by atoms with Crippen molar-refractivity contribution in [3.05, 3.63) is 142 Å². The number of ketones is 1. The molecule has 4 aromatic rings. The zero-order valence-electron chi connectivity index (χ0n) is 18.4. The van der Waals surface area contributed by atoms with E-state index in [-0.39, 0.29) is 12.2 Å². The Morgan fingerprint density at radius 1 is 0.636 bits per heavy atom. The molecule has 0 saturated heterocycles. The lowest BCUT2D eigenvalue weighted by molar-refractivity contribution is -0.136. The molecule has 0 saturated carbocycles. The fourth-order valence-electron chi connectivity index (χ4n) is 4.20. The molecule has 0 heterocycles. The largest absolute Gasteiger partial charge is 0.481 e. The summed E-state index contributed by atoms with van der Waals surface area (Å²) in [5.74, 6) is -0.550. The Labute approximate surface area is 194 Å². The van der Waals surface area contributed by atoms with Crippen molar-refractivity contribution in [2.75, 3.05) is 0 Å². The lowest BCUT2D eigenvalue weighted by atomic mass is 9.98. The van der Waals surface area contributed by atoms with E-state index in [1.165, 1.54) is 16.7 Å². The molecule has 0 spiro atoms. The van der Waals surface area contributed by atoms with Crippen molar-refractivity contribution in [1.29, 1.82) is 0 Å². The quantitative estimate of drug-likeness (QED) is 0.434. The van der Waals surface area contributed by atoms with Crippen LogP contribution in [0.4, 0.5) is 0 Å². The number of aliphatic carboxylic acids is 1. The first-order valence-electron chi connectivity index (χ1n) is 11.1. The van der Waals surface area contributed by atoms with Crippen LogP contribution in [0.3, 0.4) is 0 Å². The number of benzene rings is 4. The SMILES string of the molecule is O=C(O)Cc1ccccc1Cc1ccccc1.O=C1Cc2ccccc2Cc2ccccc21. The van der Waals surface area contributed by atoms with Gasteiger partial charge < -0.3 is 5.11 Å². The van der Waals surface area contributed by atoms with Crippen LogP contribution in [-0.4, -0.2) is 16.9 Å². The standard InChI is InChI=1S/C15H14O2.C15H12O/c16-15(17)11-14-9-5-4-8-13(14)10-12-6-2-1-3-7-12;16-15-10-12-6-2-1-5-11(12)9-13-7-3-4-8-14(13)15/h1-9H,10-11H2,(H,16,17);1-8H,9-10H2. The van der Waals surface area contributed by atoms with Gasteiger partial charge in [0.1, 0.15) is 0 Å². The summed E-state index contributed by atoms with van der Waals surface area (Å²) in [6, 6.07) is 33.9. The molecule has 1 aliphatic carbocycles. The zero-order chi connectivity index (χ0) is 23.0. The molecule has 0 atom stereocenters. The van der Waals surface area contributed by atoms with E-state index in [1.807, 2.05) is 72.8 Å². The van der Waals surface area contributed by atoms with E-state index < -0.39 is 5.97 Å². The molecule has 1 N–H and O–H groups in total. The number of fused-ring (bicyclic) bond motifs is 2. The fourth-order valence-corrected chi connectivity index (χ4v) is 4.20. The number of hydrogen-bond acceptors (Lipinski definition) is 2. The van der Waals surface area contributed by atoms with Crippen LogP contribution in [0.25, 0.3) is 0 Å². The van der Waals surface area contributed by atoms with E-state index in [4.69, 9.17) is 5.11 Å². The molecule has 33 heavy (non-hydrogen) atoms. The lowest BCUT2D eigenvalue weighted by Gasteiger charge is -2.07. The van der Waals surface area contributed by atoms with Crippen molar-refractivity contribution < 1.29 is 14.7 Å². The smallest absolute Gasteiger partial charge is 0.307 e. The minimum Gasteiger partial charge on any atom is -0.481 e. The second kappa shape index (κ2) is 10.6. The summed E-state index contributed by atoms with van der Waals surface area (Å²) >= 11 is 0. The Morgan fingerprint density at radius 3 is 1.88 bits per heavy atom. The number of hydrogen-bond donors (Lipinski definition) is 1. The third-order valence-corrected chi connectivity index (χ3v) is 5.87. The number of carboxylic acid groups (broad SMARTS) is 1. The number of carbonyl (C=O) groups excluding carboxylic acids is 1. The van der Waals surface area contributed by atoms with Gasteiger partial charge in [-0.2, -0.15) is 0 Å². The van der Waals surface area contributed by atoms with Crippen LogP contribution >= 0.6 is 0 Å². The van der Waals surface area contributed by atoms with Gasteiger partial charge >= 0.3 is 5.97 Å². The molecule has 4 aromatic carbocycles. The Kier molecular flexibility index (Phi) is 7.11. The summed E-state index contributed by atoms with van der Waals surface area (Å²) in [4.78, 5) is 22.8. The van der Waals surface area contributed by atoms with Crippen LogP contribution in [0.5, 0.6) is 0 Å². The second-order valence-electron chi connectivity index (χ2n) is 8.20. The van der Waals surface area contributed by atoms with Crippen LogP contribution < -0.4 is 0 Å². The third-order valence-electron chi connectivity index (χ3n) is 5.87. The predicted octanol–water partition coefficient (Wildman–Crippen LogP) is 5.92. The molecule has 0 bridgehead atoms. The third kappa shape index (κ3) is 5.83. The highest BCUT2D eigenvalue weighted by Crippen LogP contribution is 2.24. The van der Waals surface area contributed by atoms with E-state index in [0.29, 0.717) is 6.42 Å². The average molecular weight is 435 g/mol. The first kappa shape index (κ1) is 22.2. The van der Waals surface area contributed by atoms with Gasteiger partial charge in [0.15, 0.2) is 5.78 Å². The number of rotatable bonds is 4. The number of carboxylic acids is 1. The van der Waals surface area contributed by atoms with Gasteiger partial charge in [0.25, 0.3) is 0 Å². The van der Waals surface area contributed by atoms with Crippen molar-refractivity contribution in [2.24, 2.45) is 0 Å². The summed E-state index contributed by atoms with van der Waals surface area (Å²) in [5.41, 5.74) is 7.66. The minimum absolute atomic E-state index is 0.0863. The maximum absolute atomic E-state index is 12.1. The Bertz CT molecular complexity index is 1260. The normalized spacial score (nSPS) is 11.9. The number of carbonyl (C=O) groups is 2. The highest BCUT2D eigenvalue weighted by atomic mass is 16.4. The van der Waals surface area contributed by atoms with Gasteiger partial charge in [-0.1, -0.05) is 103 Å². The Morgan fingerprint density at radius 2 is 1.18 bits per heavy atom. The summed E-state index contributed by atoms with van der Waals surface area (Å²) in [6.07, 6.45) is 2.28. The molecule has 1 aliphatic rings. The van der Waals surface area contributed by atoms with E-state index in [1.54, 1.807) is 0 Å². The summed E-state index contributed by atoms with van der Waals surface area (Å²) < 4.78 is 0. The predicted molar refractivity (Wildman–Crippen MR) is 131 cm³/mol. The monoisotopic (exact) mass is 434 g/mol. The fraction of sp³-hybridized carbons (Fsp3) is 0.133. The molecule has 5 rings (SSSR count). The Hall–Kier alpha value is -3.98. The molecule has 0 amide bonds. The average Bonchev–Trinajstić information content (AvgIpc) is 2.97. The molecular formula is C30H26O3. The van der Waals surface area contributed by atoms with E-state index in [2.05, 4.69) is 30.3 Å². The molecule has 0 aliphatic heterocycles. The number of Topliss-reactive ketones (excluding diaryl/α,β-unsaturated/α-hetero) is 1. The molecule has 0 fully saturated rings. The van der Waals surface area contributed by atoms with Crippen LogP contribution in [0.1, 0.15) is 43.7 Å². The van der Waals surface area contributed by atoms with Gasteiger partial charge in [0.2, 0.25) is 0 Å². The first-order valence-corrected chi connectivity index (χ1v) is 11.1. The molecule has 3 heteroatoms. The van der Waals surface area contributed by atoms with Gasteiger partial charge in [-0.05, 0) is 46.2 Å². The van der Waals surface area contributed by atoms with Crippen molar-refractivity contribution in [3.63, 3.8) is 0 Å². The molecule has 164 valence electrons. The highest BCUT2D eigenvalue weighted by molar-refractivity contribution is 5.99. The van der Waals surface area contributed by atoms with Gasteiger partial charge in [-0.25, -0.2) is 0 Å². The van der Waals surface area contributed by atoms with Crippen LogP contribution in [0.2, 0.25) is 0 Å². The summed E-state index contributed by atoms with van der Waals surface area (Å²) in [7, 11) is 0. The minimum atomic E-state index is -0.787. The van der Waals surface area contributed by atoms with E-state index in [9.17, 15) is 9.59 Å². The van der Waals surface area contributed by atoms with Gasteiger partial charge in [-0.3, -0.25) is 9.59 Å². The topological polar surface area (TPSA) is 54.4 Å². The van der Waals surface area contributed by atoms with E-state index >= 15 is 0 Å². The molecule has 0 aromatic heterocycles. The maximum atomic E-state index is 12.1. The molecule has 0 radical (unpaired) electrons. The summed E-state index contributed by atoms with van der Waals surface area (Å²) in [6.45, 7) is 0. The van der Waals surface area contributed by atoms with Crippen molar-refractivity contribution in [2.45, 2.75) is 25.7 Å². The van der Waals surface area contributed by atoms with Crippen molar-refractivity contribution in [3.8, 4) is 0 Å². The highest BCUT2D eigenvalue weighted by Gasteiger charge is 2.18. The zero-order valence-corrected chi connectivity index (χ0v) is 18.4. The first-order chi connectivity index (χ1) is 16.1. The summed E-state index contributed by atoms with van der Waals surface area (Å²) in [5, 5.41) is 8.86.